The molecule has 33 heavy (non-hydrogen) atoms. The van der Waals surface area contributed by atoms with Crippen molar-refractivity contribution in [1.82, 2.24) is 25.2 Å². The molecule has 1 aromatic carbocycles. The van der Waals surface area contributed by atoms with Crippen LogP contribution in [0, 0.1) is 0 Å². The van der Waals surface area contributed by atoms with Gasteiger partial charge in [-0.1, -0.05) is 12.1 Å². The summed E-state index contributed by atoms with van der Waals surface area (Å²) in [4.78, 5) is 20.0. The summed E-state index contributed by atoms with van der Waals surface area (Å²) in [6.07, 6.45) is 15.8. The number of hydrogen-bond donors (Lipinski definition) is 1. The van der Waals surface area contributed by atoms with Crippen LogP contribution in [0.5, 0.6) is 0 Å². The average molecular weight is 434 g/mol. The molecule has 4 aliphatic heterocycles. The number of hydrogen-bond acceptors (Lipinski definition) is 7. The van der Waals surface area contributed by atoms with Gasteiger partial charge in [-0.15, -0.1) is 0 Å². The molecule has 0 saturated carbocycles. The summed E-state index contributed by atoms with van der Waals surface area (Å²) in [5.41, 5.74) is 7.94. The second-order valence-corrected chi connectivity index (χ2v) is 9.00. The summed E-state index contributed by atoms with van der Waals surface area (Å²) in [6, 6.07) is 12.9. The van der Waals surface area contributed by atoms with E-state index in [1.54, 1.807) is 6.33 Å². The van der Waals surface area contributed by atoms with Crippen molar-refractivity contribution in [2.24, 2.45) is 0 Å². The Kier molecular flexibility index (Phi) is 3.67. The van der Waals surface area contributed by atoms with Crippen molar-refractivity contribution in [2.45, 2.75) is 31.7 Å². The van der Waals surface area contributed by atoms with Crippen LogP contribution in [0.3, 0.4) is 0 Å². The molecule has 1 fully saturated rings. The maximum Gasteiger partial charge on any atom is 0.130 e. The molecular weight excluding hydrogens is 410 g/mol. The summed E-state index contributed by atoms with van der Waals surface area (Å²) in [6.45, 7) is 4.51. The molecule has 0 spiro atoms. The van der Waals surface area contributed by atoms with Crippen molar-refractivity contribution in [2.75, 3.05) is 9.80 Å². The van der Waals surface area contributed by atoms with Gasteiger partial charge in [0.15, 0.2) is 0 Å². The van der Waals surface area contributed by atoms with E-state index in [1.807, 2.05) is 24.8 Å². The molecule has 0 aliphatic carbocycles. The first-order valence-corrected chi connectivity index (χ1v) is 11.2. The van der Waals surface area contributed by atoms with Crippen molar-refractivity contribution in [3.05, 3.63) is 103 Å². The molecular formula is C26H23N7. The second-order valence-electron chi connectivity index (χ2n) is 9.00. The van der Waals surface area contributed by atoms with Crippen LogP contribution in [0.2, 0.25) is 0 Å². The third-order valence-corrected chi connectivity index (χ3v) is 7.22. The monoisotopic (exact) mass is 433 g/mol. The van der Waals surface area contributed by atoms with Crippen LogP contribution in [0.4, 0.5) is 17.1 Å². The van der Waals surface area contributed by atoms with Crippen LogP contribution in [0.15, 0.2) is 97.3 Å². The Morgan fingerprint density at radius 2 is 1.67 bits per heavy atom. The zero-order valence-corrected chi connectivity index (χ0v) is 18.4. The van der Waals surface area contributed by atoms with E-state index < -0.39 is 0 Å². The molecule has 162 valence electrons. The van der Waals surface area contributed by atoms with Gasteiger partial charge in [0.2, 0.25) is 0 Å². The molecule has 2 aromatic heterocycles. The molecule has 0 radical (unpaired) electrons. The largest absolute Gasteiger partial charge is 0.326 e. The molecule has 1 saturated heterocycles. The third-order valence-electron chi connectivity index (χ3n) is 7.22. The number of rotatable bonds is 2. The normalized spacial score (nSPS) is 26.8. The number of allylic oxidation sites excluding steroid dienone is 4. The van der Waals surface area contributed by atoms with Gasteiger partial charge in [0.1, 0.15) is 18.2 Å². The topological polar surface area (TPSA) is 70.3 Å². The SMILES string of the molecule is CC1=C2C=C(c3ccncc3)C=CN2C2(C)NC2C2N1c1ccccc1N2c1cncnc1. The van der Waals surface area contributed by atoms with E-state index in [0.29, 0.717) is 0 Å². The predicted molar refractivity (Wildman–Crippen MR) is 128 cm³/mol. The summed E-state index contributed by atoms with van der Waals surface area (Å²) in [5.74, 6) is 0. The fraction of sp³-hybridized carbons (Fsp3) is 0.192. The molecule has 0 amide bonds. The standard InChI is InChI=1S/C26H23N7/c1-17-23-13-19(18-7-10-27-11-8-18)9-12-31(23)26(2)24(30-26)25-32(17)21-5-3-4-6-22(21)33(25)20-14-28-16-29-15-20/h3-16,24-25,30H,1-2H3. The Balaban J connectivity index is 1.44. The number of aromatic nitrogens is 3. The zero-order chi connectivity index (χ0) is 22.2. The van der Waals surface area contributed by atoms with Crippen LogP contribution < -0.4 is 15.1 Å². The number of nitrogens with zero attached hydrogens (tertiary/aromatic N) is 6. The maximum atomic E-state index is 4.31. The molecule has 3 atom stereocenters. The van der Waals surface area contributed by atoms with E-state index in [0.717, 1.165) is 11.3 Å². The quantitative estimate of drug-likeness (QED) is 0.613. The van der Waals surface area contributed by atoms with Crippen LogP contribution in [0.1, 0.15) is 19.4 Å². The summed E-state index contributed by atoms with van der Waals surface area (Å²) < 4.78 is 0. The molecule has 7 nitrogen and oxygen atoms in total. The Morgan fingerprint density at radius 1 is 0.939 bits per heavy atom. The lowest BCUT2D eigenvalue weighted by molar-refractivity contribution is 0.327. The lowest BCUT2D eigenvalue weighted by atomic mass is 10.0. The van der Waals surface area contributed by atoms with Crippen molar-refractivity contribution < 1.29 is 0 Å². The summed E-state index contributed by atoms with van der Waals surface area (Å²) in [7, 11) is 0. The molecule has 0 bridgehead atoms. The highest BCUT2D eigenvalue weighted by Gasteiger charge is 2.64. The van der Waals surface area contributed by atoms with E-state index in [4.69, 9.17) is 0 Å². The van der Waals surface area contributed by atoms with Crippen molar-refractivity contribution in [3.63, 3.8) is 0 Å². The minimum atomic E-state index is -0.192. The van der Waals surface area contributed by atoms with Gasteiger partial charge in [-0.3, -0.25) is 10.3 Å². The van der Waals surface area contributed by atoms with Crippen molar-refractivity contribution in [3.8, 4) is 0 Å². The number of pyridine rings is 1. The molecule has 7 heteroatoms. The molecule has 7 rings (SSSR count). The lowest BCUT2D eigenvalue weighted by Gasteiger charge is -2.33. The highest BCUT2D eigenvalue weighted by Crippen LogP contribution is 2.54. The number of nitrogens with one attached hydrogen (secondary N) is 1. The van der Waals surface area contributed by atoms with Gasteiger partial charge in [-0.05, 0) is 61.4 Å². The van der Waals surface area contributed by atoms with Gasteiger partial charge in [0.05, 0.1) is 41.2 Å². The van der Waals surface area contributed by atoms with E-state index in [1.165, 1.54) is 28.3 Å². The summed E-state index contributed by atoms with van der Waals surface area (Å²) in [5, 5.41) is 3.80. The molecule has 1 N–H and O–H groups in total. The van der Waals surface area contributed by atoms with E-state index >= 15 is 0 Å². The van der Waals surface area contributed by atoms with Crippen LogP contribution in [0.25, 0.3) is 5.57 Å². The van der Waals surface area contributed by atoms with Gasteiger partial charge < -0.3 is 14.7 Å². The smallest absolute Gasteiger partial charge is 0.130 e. The number of benzene rings is 1. The van der Waals surface area contributed by atoms with Gasteiger partial charge in [0, 0.05) is 24.3 Å². The molecule has 6 heterocycles. The van der Waals surface area contributed by atoms with Crippen molar-refractivity contribution >= 4 is 22.6 Å². The highest BCUT2D eigenvalue weighted by molar-refractivity contribution is 5.87. The van der Waals surface area contributed by atoms with E-state index in [9.17, 15) is 0 Å². The highest BCUT2D eigenvalue weighted by atomic mass is 15.6. The first-order valence-electron chi connectivity index (χ1n) is 11.2. The summed E-state index contributed by atoms with van der Waals surface area (Å²) >= 11 is 0. The minimum Gasteiger partial charge on any atom is -0.326 e. The molecule has 3 unspecified atom stereocenters. The average Bonchev–Trinajstić information content (AvgIpc) is 3.46. The molecule has 3 aromatic rings. The number of para-hydroxylation sites is 2. The molecule has 4 aliphatic rings. The second kappa shape index (κ2) is 6.52. The van der Waals surface area contributed by atoms with Gasteiger partial charge >= 0.3 is 0 Å². The first kappa shape index (κ1) is 18.6. The fourth-order valence-corrected chi connectivity index (χ4v) is 5.55. The predicted octanol–water partition coefficient (Wildman–Crippen LogP) is 4.00. The first-order chi connectivity index (χ1) is 16.2. The lowest BCUT2D eigenvalue weighted by Crippen LogP contribution is -2.46. The Bertz CT molecular complexity index is 1350. The van der Waals surface area contributed by atoms with E-state index in [2.05, 4.69) is 104 Å². The van der Waals surface area contributed by atoms with Crippen LogP contribution in [-0.2, 0) is 0 Å². The van der Waals surface area contributed by atoms with Crippen molar-refractivity contribution in [1.29, 1.82) is 0 Å². The minimum absolute atomic E-state index is 0.0719. The van der Waals surface area contributed by atoms with E-state index in [-0.39, 0.29) is 17.9 Å². The van der Waals surface area contributed by atoms with Gasteiger partial charge in [-0.2, -0.15) is 0 Å². The maximum absolute atomic E-state index is 4.31. The Labute approximate surface area is 192 Å². The van der Waals surface area contributed by atoms with Crippen LogP contribution >= 0.6 is 0 Å². The van der Waals surface area contributed by atoms with Crippen LogP contribution in [-0.4, -0.2) is 37.7 Å². The zero-order valence-electron chi connectivity index (χ0n) is 18.4. The third kappa shape index (κ3) is 2.51. The fourth-order valence-electron chi connectivity index (χ4n) is 5.55. The Morgan fingerprint density at radius 3 is 2.42 bits per heavy atom. The van der Waals surface area contributed by atoms with Gasteiger partial charge in [0.25, 0.3) is 0 Å². The Hall–Kier alpha value is -3.97. The number of fused-ring (bicyclic) bond motifs is 7. The van der Waals surface area contributed by atoms with Gasteiger partial charge in [-0.25, -0.2) is 9.97 Å². The number of anilines is 3.